The molecule has 1 fully saturated rings. The van der Waals surface area contributed by atoms with Gasteiger partial charge in [-0.2, -0.15) is 11.8 Å². The topological polar surface area (TPSA) is 25.2 Å². The average Bonchev–Trinajstić information content (AvgIpc) is 2.55. The standard InChI is InChI=1S/C12H17BrN2OS/c1-2-14-9-10(13)8-11(14)12(16)15-4-3-6-17-7-5-15/h8-9H,2-7H2,1H3. The largest absolute Gasteiger partial charge is 0.343 e. The molecule has 5 heteroatoms. The quantitative estimate of drug-likeness (QED) is 0.838. The Bertz CT molecular complexity index is 397. The highest BCUT2D eigenvalue weighted by atomic mass is 79.9. The van der Waals surface area contributed by atoms with Crippen molar-refractivity contribution in [2.75, 3.05) is 24.6 Å². The van der Waals surface area contributed by atoms with E-state index in [4.69, 9.17) is 0 Å². The molecule has 1 aromatic heterocycles. The maximum atomic E-state index is 12.4. The summed E-state index contributed by atoms with van der Waals surface area (Å²) in [6.07, 6.45) is 3.07. The molecule has 1 saturated heterocycles. The summed E-state index contributed by atoms with van der Waals surface area (Å²) in [5.41, 5.74) is 0.797. The van der Waals surface area contributed by atoms with E-state index in [0.29, 0.717) is 0 Å². The fraction of sp³-hybridized carbons (Fsp3) is 0.583. The van der Waals surface area contributed by atoms with Gasteiger partial charge in [0.1, 0.15) is 5.69 Å². The zero-order valence-electron chi connectivity index (χ0n) is 9.99. The third-order valence-electron chi connectivity index (χ3n) is 2.93. The molecule has 94 valence electrons. The minimum atomic E-state index is 0.167. The number of nitrogens with zero attached hydrogens (tertiary/aromatic N) is 2. The number of hydrogen-bond donors (Lipinski definition) is 0. The monoisotopic (exact) mass is 316 g/mol. The van der Waals surface area contributed by atoms with Crippen molar-refractivity contribution in [2.45, 2.75) is 19.9 Å². The summed E-state index contributed by atoms with van der Waals surface area (Å²) in [7, 11) is 0. The SMILES string of the molecule is CCn1cc(Br)cc1C(=O)N1CCCSCC1. The summed E-state index contributed by atoms with van der Waals surface area (Å²) in [6.45, 7) is 4.64. The van der Waals surface area contributed by atoms with Gasteiger partial charge in [-0.1, -0.05) is 0 Å². The Hall–Kier alpha value is -0.420. The third kappa shape index (κ3) is 3.07. The lowest BCUT2D eigenvalue weighted by Crippen LogP contribution is -2.34. The molecule has 0 aliphatic carbocycles. The second-order valence-electron chi connectivity index (χ2n) is 4.09. The summed E-state index contributed by atoms with van der Waals surface area (Å²) in [6, 6.07) is 1.92. The van der Waals surface area contributed by atoms with E-state index in [-0.39, 0.29) is 5.91 Å². The first kappa shape index (κ1) is 13.0. The van der Waals surface area contributed by atoms with Crippen molar-refractivity contribution < 1.29 is 4.79 Å². The molecular weight excluding hydrogens is 300 g/mol. The molecule has 0 saturated carbocycles. The van der Waals surface area contributed by atoms with Gasteiger partial charge in [-0.15, -0.1) is 0 Å². The van der Waals surface area contributed by atoms with Crippen LogP contribution in [0.2, 0.25) is 0 Å². The Balaban J connectivity index is 2.17. The number of amides is 1. The van der Waals surface area contributed by atoms with E-state index in [1.54, 1.807) is 0 Å². The normalized spacial score (nSPS) is 16.9. The van der Waals surface area contributed by atoms with Crippen LogP contribution in [0.25, 0.3) is 0 Å². The maximum absolute atomic E-state index is 12.4. The van der Waals surface area contributed by atoms with Gasteiger partial charge in [-0.3, -0.25) is 4.79 Å². The zero-order valence-corrected chi connectivity index (χ0v) is 12.4. The van der Waals surface area contributed by atoms with Crippen molar-refractivity contribution in [3.05, 3.63) is 22.4 Å². The number of thioether (sulfide) groups is 1. The molecule has 0 bridgehead atoms. The van der Waals surface area contributed by atoms with Gasteiger partial charge in [0, 0.05) is 36.1 Å². The van der Waals surface area contributed by atoms with Gasteiger partial charge >= 0.3 is 0 Å². The fourth-order valence-electron chi connectivity index (χ4n) is 2.03. The highest BCUT2D eigenvalue weighted by Crippen LogP contribution is 2.18. The number of carbonyl (C=O) groups excluding carboxylic acids is 1. The second-order valence-corrected chi connectivity index (χ2v) is 6.23. The van der Waals surface area contributed by atoms with Crippen LogP contribution < -0.4 is 0 Å². The molecule has 0 spiro atoms. The van der Waals surface area contributed by atoms with Crippen LogP contribution in [0.3, 0.4) is 0 Å². The van der Waals surface area contributed by atoms with Crippen LogP contribution in [-0.4, -0.2) is 40.0 Å². The lowest BCUT2D eigenvalue weighted by atomic mass is 10.3. The van der Waals surface area contributed by atoms with E-state index in [2.05, 4.69) is 22.9 Å². The summed E-state index contributed by atoms with van der Waals surface area (Å²) >= 11 is 5.37. The molecule has 0 radical (unpaired) electrons. The zero-order chi connectivity index (χ0) is 12.3. The van der Waals surface area contributed by atoms with E-state index in [1.165, 1.54) is 5.75 Å². The van der Waals surface area contributed by atoms with Crippen molar-refractivity contribution in [1.29, 1.82) is 0 Å². The number of rotatable bonds is 2. The third-order valence-corrected chi connectivity index (χ3v) is 4.41. The van der Waals surface area contributed by atoms with Crippen LogP contribution in [0.1, 0.15) is 23.8 Å². The molecular formula is C12H17BrN2OS. The van der Waals surface area contributed by atoms with E-state index in [9.17, 15) is 4.79 Å². The Morgan fingerprint density at radius 2 is 2.29 bits per heavy atom. The van der Waals surface area contributed by atoms with Crippen LogP contribution >= 0.6 is 27.7 Å². The Morgan fingerprint density at radius 1 is 1.47 bits per heavy atom. The smallest absolute Gasteiger partial charge is 0.270 e. The first-order valence-electron chi connectivity index (χ1n) is 5.95. The van der Waals surface area contributed by atoms with Crippen molar-refractivity contribution >= 4 is 33.6 Å². The Kier molecular flexibility index (Phi) is 4.56. The van der Waals surface area contributed by atoms with Gasteiger partial charge < -0.3 is 9.47 Å². The Labute approximate surface area is 115 Å². The molecule has 0 N–H and O–H groups in total. The van der Waals surface area contributed by atoms with Gasteiger partial charge in [-0.05, 0) is 41.1 Å². The highest BCUT2D eigenvalue weighted by Gasteiger charge is 2.20. The summed E-state index contributed by atoms with van der Waals surface area (Å²) in [5.74, 6) is 2.39. The number of aromatic nitrogens is 1. The Morgan fingerprint density at radius 3 is 3.06 bits per heavy atom. The average molecular weight is 317 g/mol. The van der Waals surface area contributed by atoms with Gasteiger partial charge in [0.15, 0.2) is 0 Å². The van der Waals surface area contributed by atoms with Crippen LogP contribution in [-0.2, 0) is 6.54 Å². The number of halogens is 1. The molecule has 0 atom stereocenters. The summed E-state index contributed by atoms with van der Waals surface area (Å²) < 4.78 is 2.98. The van der Waals surface area contributed by atoms with Crippen molar-refractivity contribution in [3.63, 3.8) is 0 Å². The van der Waals surface area contributed by atoms with Crippen LogP contribution in [0.5, 0.6) is 0 Å². The molecule has 0 aromatic carbocycles. The molecule has 1 amide bonds. The van der Waals surface area contributed by atoms with Crippen LogP contribution in [0, 0.1) is 0 Å². The van der Waals surface area contributed by atoms with Gasteiger partial charge in [0.05, 0.1) is 0 Å². The number of carbonyl (C=O) groups is 1. The van der Waals surface area contributed by atoms with Crippen molar-refractivity contribution in [2.24, 2.45) is 0 Å². The molecule has 2 heterocycles. The first-order chi connectivity index (χ1) is 8.22. The van der Waals surface area contributed by atoms with Crippen LogP contribution in [0.15, 0.2) is 16.7 Å². The van der Waals surface area contributed by atoms with E-state index < -0.39 is 0 Å². The lowest BCUT2D eigenvalue weighted by Gasteiger charge is -2.20. The maximum Gasteiger partial charge on any atom is 0.270 e. The van der Waals surface area contributed by atoms with Gasteiger partial charge in [-0.25, -0.2) is 0 Å². The van der Waals surface area contributed by atoms with Gasteiger partial charge in [0.2, 0.25) is 0 Å². The lowest BCUT2D eigenvalue weighted by molar-refractivity contribution is 0.0758. The van der Waals surface area contributed by atoms with Crippen molar-refractivity contribution in [1.82, 2.24) is 9.47 Å². The number of aryl methyl sites for hydroxylation is 1. The van der Waals surface area contributed by atoms with E-state index >= 15 is 0 Å². The summed E-state index contributed by atoms with van der Waals surface area (Å²) in [4.78, 5) is 14.4. The minimum Gasteiger partial charge on any atom is -0.343 e. The fourth-order valence-corrected chi connectivity index (χ4v) is 3.38. The molecule has 1 aliphatic rings. The molecule has 1 aromatic rings. The minimum absolute atomic E-state index is 0.167. The molecule has 17 heavy (non-hydrogen) atoms. The van der Waals surface area contributed by atoms with E-state index in [1.807, 2.05) is 33.5 Å². The summed E-state index contributed by atoms with van der Waals surface area (Å²) in [5, 5.41) is 0. The predicted octanol–water partition coefficient (Wildman–Crippen LogP) is 2.85. The highest BCUT2D eigenvalue weighted by molar-refractivity contribution is 9.10. The second kappa shape index (κ2) is 5.96. The molecule has 1 aliphatic heterocycles. The van der Waals surface area contributed by atoms with Gasteiger partial charge in [0.25, 0.3) is 5.91 Å². The van der Waals surface area contributed by atoms with E-state index in [0.717, 1.165) is 42.0 Å². The molecule has 0 unspecified atom stereocenters. The first-order valence-corrected chi connectivity index (χ1v) is 7.90. The molecule has 2 rings (SSSR count). The van der Waals surface area contributed by atoms with Crippen LogP contribution in [0.4, 0.5) is 0 Å². The predicted molar refractivity (Wildman–Crippen MR) is 75.7 cm³/mol. The number of hydrogen-bond acceptors (Lipinski definition) is 2. The van der Waals surface area contributed by atoms with Crippen molar-refractivity contribution in [3.8, 4) is 0 Å². The molecule has 3 nitrogen and oxygen atoms in total.